The number of fused-ring (bicyclic) bond motifs is 10. The van der Waals surface area contributed by atoms with E-state index >= 15 is 0 Å². The predicted octanol–water partition coefficient (Wildman–Crippen LogP) is 8.54. The summed E-state index contributed by atoms with van der Waals surface area (Å²) in [7, 11) is 0. The summed E-state index contributed by atoms with van der Waals surface area (Å²) in [5, 5.41) is 5.87. The van der Waals surface area contributed by atoms with Gasteiger partial charge in [-0.3, -0.25) is 0 Å². The van der Waals surface area contributed by atoms with Crippen molar-refractivity contribution < 1.29 is 0 Å². The Hall–Kier alpha value is -2.54. The molecule has 2 aliphatic carbocycles. The molecule has 0 bridgehead atoms. The summed E-state index contributed by atoms with van der Waals surface area (Å²) >= 11 is 0. The summed E-state index contributed by atoms with van der Waals surface area (Å²) < 4.78 is 2.74. The van der Waals surface area contributed by atoms with E-state index in [1.807, 2.05) is 0 Å². The first-order valence-electron chi connectivity index (χ1n) is 13.2. The quantitative estimate of drug-likeness (QED) is 0.237. The minimum absolute atomic E-state index is 1.24. The molecule has 0 spiro atoms. The lowest BCUT2D eigenvalue weighted by Gasteiger charge is -2.17. The predicted molar refractivity (Wildman–Crippen MR) is 137 cm³/mol. The highest BCUT2D eigenvalue weighted by molar-refractivity contribution is 6.24. The zero-order valence-electron chi connectivity index (χ0n) is 19.2. The van der Waals surface area contributed by atoms with Crippen LogP contribution in [0.15, 0.2) is 42.5 Å². The van der Waals surface area contributed by atoms with Crippen LogP contribution in [0.4, 0.5) is 0 Å². The maximum Gasteiger partial charge on any atom is 0.0620 e. The van der Waals surface area contributed by atoms with Crippen LogP contribution in [0.25, 0.3) is 38.1 Å². The van der Waals surface area contributed by atoms with Crippen LogP contribution in [-0.2, 0) is 25.7 Å². The molecule has 0 atom stereocenters. The van der Waals surface area contributed by atoms with Crippen molar-refractivity contribution in [2.75, 3.05) is 0 Å². The van der Waals surface area contributed by atoms with Crippen molar-refractivity contribution in [3.8, 4) is 0 Å². The average Bonchev–Trinajstić information content (AvgIpc) is 3.34. The molecule has 0 saturated heterocycles. The molecule has 0 amide bonds. The van der Waals surface area contributed by atoms with Crippen LogP contribution in [0.5, 0.6) is 0 Å². The molecule has 1 heteroatoms. The van der Waals surface area contributed by atoms with E-state index in [9.17, 15) is 0 Å². The Balaban J connectivity index is 1.66. The van der Waals surface area contributed by atoms with Crippen LogP contribution in [0.3, 0.4) is 0 Å². The molecule has 7 rings (SSSR count). The first-order valence-corrected chi connectivity index (χ1v) is 13.2. The van der Waals surface area contributed by atoms with Crippen LogP contribution in [0.1, 0.15) is 80.0 Å². The van der Waals surface area contributed by atoms with E-state index in [0.717, 1.165) is 0 Å². The molecule has 2 aliphatic rings. The molecule has 5 aromatic rings. The van der Waals surface area contributed by atoms with E-state index < -0.39 is 0 Å². The summed E-state index contributed by atoms with van der Waals surface area (Å²) in [5.41, 5.74) is 11.1. The van der Waals surface area contributed by atoms with Gasteiger partial charge in [-0.15, -0.1) is 0 Å². The standard InChI is InChI=1S/C31H33N/c1-2-6-11-21-17-19-27-25-15-10-16-26-28-20-18-22-12-7-4-5-9-14-24(22)30(28)32(31(25)26)29(27)23(21)13-8-3-1/h10,15-20H,1-9,11-14H2. The topological polar surface area (TPSA) is 4.41 Å². The van der Waals surface area contributed by atoms with E-state index in [2.05, 4.69) is 46.9 Å². The second kappa shape index (κ2) is 7.51. The smallest absolute Gasteiger partial charge is 0.0620 e. The second-order valence-electron chi connectivity index (χ2n) is 10.4. The Morgan fingerprint density at radius 2 is 0.844 bits per heavy atom. The van der Waals surface area contributed by atoms with Crippen molar-refractivity contribution in [2.24, 2.45) is 0 Å². The second-order valence-corrected chi connectivity index (χ2v) is 10.4. The average molecular weight is 420 g/mol. The highest BCUT2D eigenvalue weighted by Crippen LogP contribution is 2.43. The van der Waals surface area contributed by atoms with Crippen molar-refractivity contribution in [1.82, 2.24) is 4.40 Å². The number of nitrogens with zero attached hydrogens (tertiary/aromatic N) is 1. The zero-order valence-corrected chi connectivity index (χ0v) is 19.2. The monoisotopic (exact) mass is 419 g/mol. The summed E-state index contributed by atoms with van der Waals surface area (Å²) in [6.07, 6.45) is 17.3. The summed E-state index contributed by atoms with van der Waals surface area (Å²) in [6, 6.07) is 16.9. The highest BCUT2D eigenvalue weighted by Gasteiger charge is 2.23. The van der Waals surface area contributed by atoms with Crippen LogP contribution >= 0.6 is 0 Å². The van der Waals surface area contributed by atoms with Gasteiger partial charge < -0.3 is 4.40 Å². The number of benzene rings is 3. The maximum atomic E-state index is 2.74. The van der Waals surface area contributed by atoms with Gasteiger partial charge in [0.15, 0.2) is 0 Å². The molecule has 2 heterocycles. The van der Waals surface area contributed by atoms with Gasteiger partial charge in [0.2, 0.25) is 0 Å². The molecule has 162 valence electrons. The number of aromatic nitrogens is 1. The molecular weight excluding hydrogens is 386 g/mol. The van der Waals surface area contributed by atoms with Gasteiger partial charge in [-0.2, -0.15) is 0 Å². The summed E-state index contributed by atoms with van der Waals surface area (Å²) in [6.45, 7) is 0. The first-order chi connectivity index (χ1) is 15.9. The third kappa shape index (κ3) is 2.70. The van der Waals surface area contributed by atoms with E-state index in [1.165, 1.54) is 111 Å². The van der Waals surface area contributed by atoms with Gasteiger partial charge in [-0.05, 0) is 73.6 Å². The Bertz CT molecular complexity index is 1450. The molecule has 0 N–H and O–H groups in total. The van der Waals surface area contributed by atoms with E-state index in [4.69, 9.17) is 0 Å². The Morgan fingerprint density at radius 1 is 0.406 bits per heavy atom. The van der Waals surface area contributed by atoms with Gasteiger partial charge in [0, 0.05) is 21.5 Å². The number of hydrogen-bond donors (Lipinski definition) is 0. The van der Waals surface area contributed by atoms with Crippen molar-refractivity contribution in [2.45, 2.75) is 83.5 Å². The minimum Gasteiger partial charge on any atom is -0.307 e. The molecule has 0 fully saturated rings. The van der Waals surface area contributed by atoms with Crippen molar-refractivity contribution in [1.29, 1.82) is 0 Å². The Kier molecular flexibility index (Phi) is 4.45. The lowest BCUT2D eigenvalue weighted by Crippen LogP contribution is -2.02. The molecule has 1 nitrogen and oxygen atoms in total. The fourth-order valence-electron chi connectivity index (χ4n) is 7.00. The summed E-state index contributed by atoms with van der Waals surface area (Å²) in [4.78, 5) is 0. The maximum absolute atomic E-state index is 2.74. The van der Waals surface area contributed by atoms with Crippen LogP contribution < -0.4 is 0 Å². The van der Waals surface area contributed by atoms with Crippen molar-refractivity contribution >= 4 is 38.1 Å². The Morgan fingerprint density at radius 3 is 1.38 bits per heavy atom. The number of aryl methyl sites for hydroxylation is 4. The number of hydrogen-bond acceptors (Lipinski definition) is 0. The first kappa shape index (κ1) is 19.0. The molecule has 0 radical (unpaired) electrons. The molecule has 3 aromatic carbocycles. The highest BCUT2D eigenvalue weighted by atomic mass is 14.9. The van der Waals surface area contributed by atoms with Gasteiger partial charge in [0.1, 0.15) is 0 Å². The van der Waals surface area contributed by atoms with Gasteiger partial charge in [-0.25, -0.2) is 0 Å². The molecule has 0 aliphatic heterocycles. The van der Waals surface area contributed by atoms with E-state index in [1.54, 1.807) is 33.3 Å². The lowest BCUT2D eigenvalue weighted by molar-refractivity contribution is 0.618. The van der Waals surface area contributed by atoms with Gasteiger partial charge in [-0.1, -0.05) is 74.6 Å². The van der Waals surface area contributed by atoms with E-state index in [0.29, 0.717) is 0 Å². The molecule has 32 heavy (non-hydrogen) atoms. The van der Waals surface area contributed by atoms with Gasteiger partial charge >= 0.3 is 0 Å². The van der Waals surface area contributed by atoms with Gasteiger partial charge in [0.25, 0.3) is 0 Å². The van der Waals surface area contributed by atoms with Crippen molar-refractivity contribution in [3.05, 3.63) is 64.7 Å². The van der Waals surface area contributed by atoms with Gasteiger partial charge in [0.05, 0.1) is 16.6 Å². The normalized spacial score (nSPS) is 18.2. The molecular formula is C31H33N. The molecule has 0 unspecified atom stereocenters. The number of para-hydroxylation sites is 1. The lowest BCUT2D eigenvalue weighted by atomic mass is 9.91. The van der Waals surface area contributed by atoms with Crippen molar-refractivity contribution in [3.63, 3.8) is 0 Å². The Labute approximate surface area is 190 Å². The fourth-order valence-corrected chi connectivity index (χ4v) is 7.00. The van der Waals surface area contributed by atoms with Crippen LogP contribution in [0, 0.1) is 0 Å². The molecule has 2 aromatic heterocycles. The fraction of sp³-hybridized carbons (Fsp3) is 0.419. The zero-order chi connectivity index (χ0) is 21.1. The largest absolute Gasteiger partial charge is 0.307 e. The van der Waals surface area contributed by atoms with E-state index in [-0.39, 0.29) is 0 Å². The summed E-state index contributed by atoms with van der Waals surface area (Å²) in [5.74, 6) is 0. The third-order valence-electron chi connectivity index (χ3n) is 8.54. The SMILES string of the molecule is c1cc2c3ccc4c(c3n3c5c6c(ccc5c(c1)c23)CCCCCC6)CCCCCCC4. The van der Waals surface area contributed by atoms with Crippen LogP contribution in [0.2, 0.25) is 0 Å². The van der Waals surface area contributed by atoms with Crippen LogP contribution in [-0.4, -0.2) is 4.40 Å². The minimum atomic E-state index is 1.24. The third-order valence-corrected chi connectivity index (χ3v) is 8.54. The number of rotatable bonds is 0. The molecule has 0 saturated carbocycles.